The molecule has 0 aromatic heterocycles. The van der Waals surface area contributed by atoms with Crippen LogP contribution in [0.25, 0.3) is 0 Å². The summed E-state index contributed by atoms with van der Waals surface area (Å²) in [5, 5.41) is 0. The Balaban J connectivity index is 2.02. The van der Waals surface area contributed by atoms with E-state index in [0.717, 1.165) is 35.8 Å². The fourth-order valence-corrected chi connectivity index (χ4v) is 6.34. The fraction of sp³-hybridized carbons (Fsp3) is 0.741. The van der Waals surface area contributed by atoms with E-state index < -0.39 is 5.41 Å². The molecule has 0 radical (unpaired) electrons. The summed E-state index contributed by atoms with van der Waals surface area (Å²) in [6.07, 6.45) is 7.26. The van der Waals surface area contributed by atoms with Crippen LogP contribution in [0.1, 0.15) is 88.0 Å². The second kappa shape index (κ2) is 6.71. The van der Waals surface area contributed by atoms with Crippen LogP contribution in [0.4, 0.5) is 0 Å². The molecule has 0 aromatic carbocycles. The molecule has 1 nitrogen and oxygen atoms in total. The van der Waals surface area contributed by atoms with Crippen LogP contribution < -0.4 is 0 Å². The maximum Gasteiger partial charge on any atom is 0.168 e. The molecule has 156 valence electrons. The Morgan fingerprint density at radius 2 is 1.71 bits per heavy atom. The highest BCUT2D eigenvalue weighted by Gasteiger charge is 2.52. The third-order valence-electron chi connectivity index (χ3n) is 8.89. The van der Waals surface area contributed by atoms with E-state index in [1.807, 2.05) is 0 Å². The largest absolute Gasteiger partial charge is 0.294 e. The summed E-state index contributed by atoms with van der Waals surface area (Å²) >= 11 is 0. The van der Waals surface area contributed by atoms with Crippen LogP contribution in [-0.2, 0) is 4.79 Å². The van der Waals surface area contributed by atoms with Gasteiger partial charge in [-0.1, -0.05) is 70.9 Å². The van der Waals surface area contributed by atoms with Gasteiger partial charge in [0, 0.05) is 10.8 Å². The first-order valence-electron chi connectivity index (χ1n) is 11.4. The molecule has 4 aliphatic rings. The molecule has 1 saturated carbocycles. The van der Waals surface area contributed by atoms with E-state index in [4.69, 9.17) is 0 Å². The molecule has 0 saturated heterocycles. The molecule has 0 spiro atoms. The zero-order valence-electron chi connectivity index (χ0n) is 19.8. The predicted molar refractivity (Wildman–Crippen MR) is 120 cm³/mol. The Morgan fingerprint density at radius 1 is 1.11 bits per heavy atom. The first-order chi connectivity index (χ1) is 12.7. The quantitative estimate of drug-likeness (QED) is 0.449. The Hall–Kier alpha value is -1.11. The van der Waals surface area contributed by atoms with Crippen molar-refractivity contribution in [1.29, 1.82) is 0 Å². The molecule has 2 bridgehead atoms. The molecule has 0 aliphatic heterocycles. The summed E-state index contributed by atoms with van der Waals surface area (Å²) < 4.78 is 0. The fourth-order valence-electron chi connectivity index (χ4n) is 6.34. The van der Waals surface area contributed by atoms with Crippen molar-refractivity contribution < 1.29 is 4.79 Å². The first-order valence-corrected chi connectivity index (χ1v) is 11.4. The standard InChI is InChI=1S/C27H42O/c1-16(2)13-20(14-19-11-12-21-15-22(19)27(21,9)10)23-17(3)25(5,6)18(4)26(7,8)24(23)28/h11,16,20-22H,4,12-15H2,1-3,5-10H3/t20-,21-,22-/m0/s1. The van der Waals surface area contributed by atoms with E-state index in [9.17, 15) is 4.79 Å². The summed E-state index contributed by atoms with van der Waals surface area (Å²) in [5.74, 6) is 2.82. The van der Waals surface area contributed by atoms with Gasteiger partial charge in [0.15, 0.2) is 5.78 Å². The number of fused-ring (bicyclic) bond motifs is 1. The Kier molecular flexibility index (Phi) is 5.18. The summed E-state index contributed by atoms with van der Waals surface area (Å²) in [5.41, 5.74) is 4.92. The lowest BCUT2D eigenvalue weighted by atomic mass is 9.48. The van der Waals surface area contributed by atoms with Crippen molar-refractivity contribution in [3.05, 3.63) is 34.9 Å². The molecule has 28 heavy (non-hydrogen) atoms. The first kappa shape index (κ1) is 21.6. The van der Waals surface area contributed by atoms with Gasteiger partial charge in [0.2, 0.25) is 0 Å². The van der Waals surface area contributed by atoms with E-state index in [-0.39, 0.29) is 5.41 Å². The van der Waals surface area contributed by atoms with Gasteiger partial charge in [-0.25, -0.2) is 0 Å². The Morgan fingerprint density at radius 3 is 2.21 bits per heavy atom. The van der Waals surface area contributed by atoms with Crippen molar-refractivity contribution in [3.63, 3.8) is 0 Å². The SMILES string of the molecule is C=C1C(C)(C)C(=O)C([C@H](CC2=CC[C@H]3C[C@@H]2C3(C)C)CC(C)C)=C(C)C1(C)C. The minimum Gasteiger partial charge on any atom is -0.294 e. The Bertz CT molecular complexity index is 753. The molecule has 4 rings (SSSR count). The molecule has 4 aliphatic carbocycles. The smallest absolute Gasteiger partial charge is 0.168 e. The number of allylic oxidation sites excluding steroid dienone is 5. The average Bonchev–Trinajstić information content (AvgIpc) is 2.59. The van der Waals surface area contributed by atoms with Gasteiger partial charge >= 0.3 is 0 Å². The van der Waals surface area contributed by atoms with Crippen molar-refractivity contribution in [2.24, 2.45) is 39.9 Å². The van der Waals surface area contributed by atoms with Gasteiger partial charge < -0.3 is 0 Å². The van der Waals surface area contributed by atoms with Crippen LogP contribution in [0.15, 0.2) is 34.9 Å². The predicted octanol–water partition coefficient (Wildman–Crippen LogP) is 7.54. The highest BCUT2D eigenvalue weighted by molar-refractivity contribution is 6.04. The molecular formula is C27H42O. The summed E-state index contributed by atoms with van der Waals surface area (Å²) in [7, 11) is 0. The molecule has 1 fully saturated rings. The van der Waals surface area contributed by atoms with Crippen molar-refractivity contribution in [1.82, 2.24) is 0 Å². The van der Waals surface area contributed by atoms with Crippen molar-refractivity contribution >= 4 is 5.78 Å². The van der Waals surface area contributed by atoms with E-state index in [1.54, 1.807) is 5.57 Å². The lowest BCUT2D eigenvalue weighted by Gasteiger charge is -2.57. The number of rotatable bonds is 5. The minimum absolute atomic E-state index is 0.121. The molecule has 0 unspecified atom stereocenters. The second-order valence-corrected chi connectivity index (χ2v) is 11.9. The maximum atomic E-state index is 13.7. The number of hydrogen-bond acceptors (Lipinski definition) is 1. The topological polar surface area (TPSA) is 17.1 Å². The zero-order chi connectivity index (χ0) is 21.2. The summed E-state index contributed by atoms with van der Waals surface area (Å²) in [6, 6.07) is 0. The summed E-state index contributed by atoms with van der Waals surface area (Å²) in [6.45, 7) is 24.7. The average molecular weight is 383 g/mol. The third-order valence-corrected chi connectivity index (χ3v) is 8.89. The number of carbonyl (C=O) groups is 1. The van der Waals surface area contributed by atoms with Gasteiger partial charge in [-0.3, -0.25) is 4.79 Å². The second-order valence-electron chi connectivity index (χ2n) is 11.9. The highest BCUT2D eigenvalue weighted by Crippen LogP contribution is 2.61. The molecular weight excluding hydrogens is 340 g/mol. The van der Waals surface area contributed by atoms with Gasteiger partial charge in [0.25, 0.3) is 0 Å². The van der Waals surface area contributed by atoms with Crippen molar-refractivity contribution in [2.75, 3.05) is 0 Å². The maximum absolute atomic E-state index is 13.7. The molecule has 0 aromatic rings. The van der Waals surface area contributed by atoms with Crippen LogP contribution >= 0.6 is 0 Å². The van der Waals surface area contributed by atoms with Gasteiger partial charge in [0.1, 0.15) is 0 Å². The van der Waals surface area contributed by atoms with Crippen LogP contribution in [0, 0.1) is 39.9 Å². The van der Waals surface area contributed by atoms with Gasteiger partial charge in [-0.15, -0.1) is 0 Å². The van der Waals surface area contributed by atoms with Gasteiger partial charge in [-0.05, 0) is 81.1 Å². The number of hydrogen-bond donors (Lipinski definition) is 0. The molecule has 1 heteroatoms. The minimum atomic E-state index is -0.477. The number of Topliss-reactive ketones (excluding diaryl/α,β-unsaturated/α-hetero) is 1. The van der Waals surface area contributed by atoms with Crippen molar-refractivity contribution in [3.8, 4) is 0 Å². The lowest BCUT2D eigenvalue weighted by molar-refractivity contribution is -0.123. The normalized spacial score (nSPS) is 31.6. The van der Waals surface area contributed by atoms with E-state index >= 15 is 0 Å². The Labute approximate surface area is 173 Å². The van der Waals surface area contributed by atoms with Crippen LogP contribution in [0.2, 0.25) is 0 Å². The van der Waals surface area contributed by atoms with E-state index in [1.165, 1.54) is 18.4 Å². The molecule has 0 N–H and O–H groups in total. The molecule has 0 amide bonds. The molecule has 0 heterocycles. The van der Waals surface area contributed by atoms with E-state index in [0.29, 0.717) is 23.0 Å². The third kappa shape index (κ3) is 3.08. The van der Waals surface area contributed by atoms with E-state index in [2.05, 4.69) is 75.0 Å². The van der Waals surface area contributed by atoms with Gasteiger partial charge in [-0.2, -0.15) is 0 Å². The van der Waals surface area contributed by atoms with Crippen LogP contribution in [-0.4, -0.2) is 5.78 Å². The highest BCUT2D eigenvalue weighted by atomic mass is 16.1. The van der Waals surface area contributed by atoms with Crippen LogP contribution in [0.3, 0.4) is 0 Å². The van der Waals surface area contributed by atoms with Crippen LogP contribution in [0.5, 0.6) is 0 Å². The summed E-state index contributed by atoms with van der Waals surface area (Å²) in [4.78, 5) is 13.7. The monoisotopic (exact) mass is 382 g/mol. The number of ketones is 1. The molecule has 3 atom stereocenters. The van der Waals surface area contributed by atoms with Crippen molar-refractivity contribution in [2.45, 2.75) is 88.0 Å². The zero-order valence-corrected chi connectivity index (χ0v) is 19.8. The van der Waals surface area contributed by atoms with Gasteiger partial charge in [0.05, 0.1) is 0 Å². The number of carbonyl (C=O) groups excluding carboxylic acids is 1. The lowest BCUT2D eigenvalue weighted by Crippen LogP contribution is -2.48.